The molecule has 0 atom stereocenters. The first-order chi connectivity index (χ1) is 5.74. The quantitative estimate of drug-likeness (QED) is 0.653. The van der Waals surface area contributed by atoms with E-state index < -0.39 is 0 Å². The maximum absolute atomic E-state index is 9.97. The molecular formula is C9H13NO2. The third-order valence-corrected chi connectivity index (χ3v) is 1.23. The second-order valence-corrected chi connectivity index (χ2v) is 2.08. The number of phenolic OH excluding ortho intramolecular Hbond substituents is 1. The summed E-state index contributed by atoms with van der Waals surface area (Å²) >= 11 is 0. The van der Waals surface area contributed by atoms with E-state index >= 15 is 0 Å². The van der Waals surface area contributed by atoms with Crippen LogP contribution >= 0.6 is 0 Å². The Morgan fingerprint density at radius 3 is 2.33 bits per heavy atom. The molecule has 0 fully saturated rings. The van der Waals surface area contributed by atoms with Crippen molar-refractivity contribution in [3.63, 3.8) is 0 Å². The first-order valence-electron chi connectivity index (χ1n) is 3.87. The highest BCUT2D eigenvalue weighted by molar-refractivity contribution is 5.52. The molecule has 0 aliphatic carbocycles. The fourth-order valence-corrected chi connectivity index (χ4v) is 0.707. The number of benzene rings is 1. The molecule has 3 nitrogen and oxygen atoms in total. The van der Waals surface area contributed by atoms with Gasteiger partial charge < -0.3 is 5.11 Å². The van der Waals surface area contributed by atoms with Gasteiger partial charge in [-0.2, -0.15) is 0 Å². The molecule has 1 rings (SSSR count). The van der Waals surface area contributed by atoms with E-state index in [0.29, 0.717) is 0 Å². The SMILES string of the molecule is CC.Cc1ccc(O)c(N=O)c1. The molecule has 0 aliphatic heterocycles. The fraction of sp³-hybridized carbons (Fsp3) is 0.333. The minimum Gasteiger partial charge on any atom is -0.506 e. The number of nitroso groups, excluding NO2 is 1. The molecular weight excluding hydrogens is 154 g/mol. The van der Waals surface area contributed by atoms with Gasteiger partial charge in [-0.25, -0.2) is 0 Å². The van der Waals surface area contributed by atoms with E-state index in [-0.39, 0.29) is 11.4 Å². The molecule has 0 unspecified atom stereocenters. The highest BCUT2D eigenvalue weighted by Gasteiger charge is 1.98. The van der Waals surface area contributed by atoms with Crippen LogP contribution < -0.4 is 0 Å². The van der Waals surface area contributed by atoms with Gasteiger partial charge in [0.2, 0.25) is 0 Å². The minimum atomic E-state index is -0.0689. The number of nitrogens with zero attached hydrogens (tertiary/aromatic N) is 1. The van der Waals surface area contributed by atoms with Crippen LogP contribution in [0.25, 0.3) is 0 Å². The maximum atomic E-state index is 9.97. The Morgan fingerprint density at radius 1 is 1.33 bits per heavy atom. The van der Waals surface area contributed by atoms with Gasteiger partial charge in [0.25, 0.3) is 0 Å². The average molecular weight is 167 g/mol. The molecule has 0 aliphatic rings. The van der Waals surface area contributed by atoms with Crippen LogP contribution in [0.5, 0.6) is 5.75 Å². The van der Waals surface area contributed by atoms with E-state index in [9.17, 15) is 4.91 Å². The van der Waals surface area contributed by atoms with Crippen LogP contribution in [-0.2, 0) is 0 Å². The molecule has 3 heteroatoms. The average Bonchev–Trinajstić information content (AvgIpc) is 2.13. The van der Waals surface area contributed by atoms with E-state index in [1.54, 1.807) is 6.07 Å². The molecule has 0 saturated heterocycles. The zero-order valence-electron chi connectivity index (χ0n) is 7.53. The second-order valence-electron chi connectivity index (χ2n) is 2.08. The summed E-state index contributed by atoms with van der Waals surface area (Å²) in [5.74, 6) is -0.0689. The number of rotatable bonds is 1. The van der Waals surface area contributed by atoms with Crippen molar-refractivity contribution in [2.75, 3.05) is 0 Å². The number of phenols is 1. The molecule has 0 saturated carbocycles. The summed E-state index contributed by atoms with van der Waals surface area (Å²) in [4.78, 5) is 9.97. The molecule has 0 radical (unpaired) electrons. The molecule has 0 amide bonds. The summed E-state index contributed by atoms with van der Waals surface area (Å²) in [6, 6.07) is 4.69. The molecule has 1 aromatic rings. The summed E-state index contributed by atoms with van der Waals surface area (Å²) in [7, 11) is 0. The Kier molecular flexibility index (Phi) is 4.69. The third-order valence-electron chi connectivity index (χ3n) is 1.23. The molecule has 12 heavy (non-hydrogen) atoms. The molecule has 0 spiro atoms. The van der Waals surface area contributed by atoms with Gasteiger partial charge in [-0.1, -0.05) is 19.9 Å². The van der Waals surface area contributed by atoms with Crippen LogP contribution in [0.3, 0.4) is 0 Å². The van der Waals surface area contributed by atoms with E-state index in [2.05, 4.69) is 5.18 Å². The summed E-state index contributed by atoms with van der Waals surface area (Å²) in [5.41, 5.74) is 1.01. The maximum Gasteiger partial charge on any atom is 0.149 e. The van der Waals surface area contributed by atoms with Crippen molar-refractivity contribution in [1.29, 1.82) is 0 Å². The Balaban J connectivity index is 0.000000561. The van der Waals surface area contributed by atoms with E-state index in [4.69, 9.17) is 5.11 Å². The van der Waals surface area contributed by atoms with Crippen LogP contribution in [0.4, 0.5) is 5.69 Å². The van der Waals surface area contributed by atoms with Crippen molar-refractivity contribution in [2.24, 2.45) is 5.18 Å². The van der Waals surface area contributed by atoms with Crippen molar-refractivity contribution in [3.05, 3.63) is 28.7 Å². The van der Waals surface area contributed by atoms with Gasteiger partial charge in [-0.3, -0.25) is 0 Å². The van der Waals surface area contributed by atoms with Gasteiger partial charge in [0.1, 0.15) is 11.4 Å². The zero-order chi connectivity index (χ0) is 9.56. The summed E-state index contributed by atoms with van der Waals surface area (Å²) in [6.07, 6.45) is 0. The highest BCUT2D eigenvalue weighted by atomic mass is 16.3. The third kappa shape index (κ3) is 2.70. The predicted octanol–water partition coefficient (Wildman–Crippen LogP) is 3.12. The fourth-order valence-electron chi connectivity index (χ4n) is 0.707. The van der Waals surface area contributed by atoms with Gasteiger partial charge >= 0.3 is 0 Å². The largest absolute Gasteiger partial charge is 0.506 e. The van der Waals surface area contributed by atoms with Crippen molar-refractivity contribution >= 4 is 5.69 Å². The molecule has 0 aromatic heterocycles. The number of aryl methyl sites for hydroxylation is 1. The van der Waals surface area contributed by atoms with E-state index in [1.165, 1.54) is 12.1 Å². The Morgan fingerprint density at radius 2 is 1.92 bits per heavy atom. The standard InChI is InChI=1S/C7H7NO2.C2H6/c1-5-2-3-7(9)6(4-5)8-10;1-2/h2-4,9H,1H3;1-2H3. The van der Waals surface area contributed by atoms with Gasteiger partial charge in [0, 0.05) is 0 Å². The van der Waals surface area contributed by atoms with Gasteiger partial charge in [0.05, 0.1) is 0 Å². The van der Waals surface area contributed by atoms with Crippen LogP contribution in [0.15, 0.2) is 23.4 Å². The van der Waals surface area contributed by atoms with Crippen LogP contribution in [-0.4, -0.2) is 5.11 Å². The first-order valence-corrected chi connectivity index (χ1v) is 3.87. The normalized spacial score (nSPS) is 8.25. The first kappa shape index (κ1) is 10.6. The number of aromatic hydroxyl groups is 1. The van der Waals surface area contributed by atoms with E-state index in [1.807, 2.05) is 20.8 Å². The molecule has 0 heterocycles. The van der Waals surface area contributed by atoms with Crippen molar-refractivity contribution < 1.29 is 5.11 Å². The molecule has 1 aromatic carbocycles. The highest BCUT2D eigenvalue weighted by Crippen LogP contribution is 2.25. The molecule has 1 N–H and O–H groups in total. The monoisotopic (exact) mass is 167 g/mol. The lowest BCUT2D eigenvalue weighted by atomic mass is 10.2. The van der Waals surface area contributed by atoms with E-state index in [0.717, 1.165) is 5.56 Å². The van der Waals surface area contributed by atoms with Crippen molar-refractivity contribution in [3.8, 4) is 5.75 Å². The lowest BCUT2D eigenvalue weighted by Crippen LogP contribution is -1.70. The van der Waals surface area contributed by atoms with Gasteiger partial charge in [-0.15, -0.1) is 4.91 Å². The molecule has 0 bridgehead atoms. The summed E-state index contributed by atoms with van der Waals surface area (Å²) in [6.45, 7) is 5.83. The Labute approximate surface area is 72.0 Å². The predicted molar refractivity (Wildman–Crippen MR) is 49.6 cm³/mol. The van der Waals surface area contributed by atoms with Crippen LogP contribution in [0.2, 0.25) is 0 Å². The topological polar surface area (TPSA) is 49.7 Å². The number of hydrogen-bond donors (Lipinski definition) is 1. The molecule has 66 valence electrons. The lowest BCUT2D eigenvalue weighted by molar-refractivity contribution is 0.476. The Bertz CT molecular complexity index is 259. The zero-order valence-corrected chi connectivity index (χ0v) is 7.53. The smallest absolute Gasteiger partial charge is 0.149 e. The summed E-state index contributed by atoms with van der Waals surface area (Å²) in [5, 5.41) is 11.6. The van der Waals surface area contributed by atoms with Crippen molar-refractivity contribution in [2.45, 2.75) is 20.8 Å². The second kappa shape index (κ2) is 5.29. The van der Waals surface area contributed by atoms with Crippen molar-refractivity contribution in [1.82, 2.24) is 0 Å². The summed E-state index contributed by atoms with van der Waals surface area (Å²) < 4.78 is 0. The van der Waals surface area contributed by atoms with Gasteiger partial charge in [0.15, 0.2) is 0 Å². The lowest BCUT2D eigenvalue weighted by Gasteiger charge is -1.94. The van der Waals surface area contributed by atoms with Crippen LogP contribution in [0.1, 0.15) is 19.4 Å². The van der Waals surface area contributed by atoms with Gasteiger partial charge in [-0.05, 0) is 29.8 Å². The Hall–Kier alpha value is -1.38. The minimum absolute atomic E-state index is 0.0689. The number of hydrogen-bond acceptors (Lipinski definition) is 3. The van der Waals surface area contributed by atoms with Crippen LogP contribution in [0, 0.1) is 11.8 Å².